The molecule has 4 aromatic carbocycles. The van der Waals surface area contributed by atoms with Crippen molar-refractivity contribution in [2.75, 3.05) is 4.90 Å². The molecule has 4 aromatic rings. The van der Waals surface area contributed by atoms with Gasteiger partial charge in [0, 0.05) is 22.6 Å². The number of nitrogens with zero attached hydrogens (tertiary/aromatic N) is 1. The van der Waals surface area contributed by atoms with E-state index in [0.29, 0.717) is 5.56 Å². The first-order chi connectivity index (χ1) is 15.0. The lowest BCUT2D eigenvalue weighted by Gasteiger charge is -2.26. The van der Waals surface area contributed by atoms with E-state index in [9.17, 15) is 4.79 Å². The molecule has 152 valence electrons. The van der Waals surface area contributed by atoms with Gasteiger partial charge in [0.1, 0.15) is 0 Å². The largest absolute Gasteiger partial charge is 0.311 e. The first-order valence-electron chi connectivity index (χ1n) is 10.4. The highest BCUT2D eigenvalue weighted by Crippen LogP contribution is 2.35. The van der Waals surface area contributed by atoms with E-state index in [4.69, 9.17) is 0 Å². The summed E-state index contributed by atoms with van der Waals surface area (Å²) in [6, 6.07) is 33.3. The molecule has 2 heteroatoms. The Bertz CT molecular complexity index is 1140. The Hall–Kier alpha value is -3.91. The van der Waals surface area contributed by atoms with Crippen molar-refractivity contribution in [3.05, 3.63) is 126 Å². The van der Waals surface area contributed by atoms with Crippen molar-refractivity contribution in [3.63, 3.8) is 0 Å². The van der Waals surface area contributed by atoms with Crippen LogP contribution in [0.3, 0.4) is 0 Å². The number of carbonyl (C=O) groups is 1. The Morgan fingerprint density at radius 3 is 1.35 bits per heavy atom. The van der Waals surface area contributed by atoms with Crippen molar-refractivity contribution in [1.29, 1.82) is 0 Å². The van der Waals surface area contributed by atoms with Crippen LogP contribution in [0.25, 0.3) is 11.1 Å². The monoisotopic (exact) mass is 403 g/mol. The van der Waals surface area contributed by atoms with Gasteiger partial charge in [-0.1, -0.05) is 78.4 Å². The Labute approximate surface area is 184 Å². The van der Waals surface area contributed by atoms with E-state index in [1.54, 1.807) is 0 Å². The van der Waals surface area contributed by atoms with Gasteiger partial charge in [-0.3, -0.25) is 4.79 Å². The van der Waals surface area contributed by atoms with E-state index in [1.807, 2.05) is 24.3 Å². The highest BCUT2D eigenvalue weighted by Gasteiger charge is 2.12. The molecule has 0 unspecified atom stereocenters. The van der Waals surface area contributed by atoms with Crippen molar-refractivity contribution < 1.29 is 4.79 Å². The third kappa shape index (κ3) is 4.49. The Morgan fingerprint density at radius 2 is 0.968 bits per heavy atom. The maximum absolute atomic E-state index is 11.8. The van der Waals surface area contributed by atoms with E-state index in [2.05, 4.69) is 98.1 Å². The Balaban J connectivity index is 1.69. The molecule has 0 aliphatic carbocycles. The van der Waals surface area contributed by atoms with Crippen LogP contribution in [0.15, 0.2) is 110 Å². The van der Waals surface area contributed by atoms with Crippen LogP contribution in [0, 0.1) is 13.8 Å². The van der Waals surface area contributed by atoms with E-state index in [-0.39, 0.29) is 5.78 Å². The first kappa shape index (κ1) is 20.4. The second kappa shape index (κ2) is 8.85. The molecule has 0 heterocycles. The van der Waals surface area contributed by atoms with Gasteiger partial charge in [-0.25, -0.2) is 0 Å². The minimum Gasteiger partial charge on any atom is -0.311 e. The van der Waals surface area contributed by atoms with Crippen LogP contribution in [-0.4, -0.2) is 5.78 Å². The summed E-state index contributed by atoms with van der Waals surface area (Å²) in [6.07, 6.45) is 1.34. The summed E-state index contributed by atoms with van der Waals surface area (Å²) in [7, 11) is 0. The van der Waals surface area contributed by atoms with Gasteiger partial charge < -0.3 is 4.90 Å². The molecule has 0 amide bonds. The van der Waals surface area contributed by atoms with E-state index in [0.717, 1.165) is 28.2 Å². The average molecular weight is 404 g/mol. The van der Waals surface area contributed by atoms with Gasteiger partial charge in [-0.15, -0.1) is 0 Å². The number of allylic oxidation sites excluding steroid dienone is 1. The summed E-state index contributed by atoms with van der Waals surface area (Å²) >= 11 is 0. The molecule has 0 saturated carbocycles. The fourth-order valence-electron chi connectivity index (χ4n) is 3.58. The normalized spacial score (nSPS) is 10.5. The number of aryl methyl sites for hydroxylation is 2. The molecule has 0 bridgehead atoms. The SMILES string of the molecule is C=CC(=O)c1ccc(-c2ccc(N(c3ccc(C)cc3)c3ccc(C)cc3)cc2)cc1. The smallest absolute Gasteiger partial charge is 0.185 e. The molecular weight excluding hydrogens is 378 g/mol. The molecule has 0 aliphatic rings. The third-order valence-corrected chi connectivity index (χ3v) is 5.40. The number of hydrogen-bond acceptors (Lipinski definition) is 2. The molecule has 4 rings (SSSR count). The minimum absolute atomic E-state index is 0.0614. The molecule has 0 fully saturated rings. The van der Waals surface area contributed by atoms with Crippen molar-refractivity contribution in [2.45, 2.75) is 13.8 Å². The lowest BCUT2D eigenvalue weighted by atomic mass is 10.0. The molecule has 0 N–H and O–H groups in total. The second-order valence-electron chi connectivity index (χ2n) is 7.70. The van der Waals surface area contributed by atoms with Gasteiger partial charge in [-0.05, 0) is 67.4 Å². The van der Waals surface area contributed by atoms with Crippen molar-refractivity contribution in [1.82, 2.24) is 0 Å². The van der Waals surface area contributed by atoms with Crippen LogP contribution in [0.1, 0.15) is 21.5 Å². The predicted octanol–water partition coefficient (Wildman–Crippen LogP) is 7.81. The maximum Gasteiger partial charge on any atom is 0.185 e. The lowest BCUT2D eigenvalue weighted by molar-refractivity contribution is 0.104. The molecule has 0 saturated heterocycles. The number of rotatable bonds is 6. The molecule has 0 radical (unpaired) electrons. The summed E-state index contributed by atoms with van der Waals surface area (Å²) < 4.78 is 0. The zero-order valence-electron chi connectivity index (χ0n) is 17.9. The van der Waals surface area contributed by atoms with Crippen molar-refractivity contribution >= 4 is 22.8 Å². The summed E-state index contributed by atoms with van der Waals surface area (Å²) in [6.45, 7) is 7.75. The molecule has 0 spiro atoms. The summed E-state index contributed by atoms with van der Waals surface area (Å²) in [4.78, 5) is 14.0. The van der Waals surface area contributed by atoms with E-state index < -0.39 is 0 Å². The molecule has 0 aromatic heterocycles. The predicted molar refractivity (Wildman–Crippen MR) is 131 cm³/mol. The fraction of sp³-hybridized carbons (Fsp3) is 0.0690. The zero-order chi connectivity index (χ0) is 21.8. The van der Waals surface area contributed by atoms with Crippen LogP contribution >= 0.6 is 0 Å². The highest BCUT2D eigenvalue weighted by molar-refractivity contribution is 6.04. The molecule has 31 heavy (non-hydrogen) atoms. The van der Waals surface area contributed by atoms with Crippen LogP contribution in [0.2, 0.25) is 0 Å². The maximum atomic E-state index is 11.8. The van der Waals surface area contributed by atoms with Crippen molar-refractivity contribution in [2.24, 2.45) is 0 Å². The standard InChI is InChI=1S/C29H25NO/c1-4-29(31)25-11-9-23(10-12-25)24-13-19-28(20-14-24)30(26-15-5-21(2)6-16-26)27-17-7-22(3)8-18-27/h4-20H,1H2,2-3H3. The van der Waals surface area contributed by atoms with E-state index in [1.165, 1.54) is 17.2 Å². The molecule has 0 aliphatic heterocycles. The van der Waals surface area contributed by atoms with E-state index >= 15 is 0 Å². The number of anilines is 3. The lowest BCUT2D eigenvalue weighted by Crippen LogP contribution is -2.09. The Kier molecular flexibility index (Phi) is 5.81. The van der Waals surface area contributed by atoms with Crippen LogP contribution < -0.4 is 4.90 Å². The minimum atomic E-state index is -0.0614. The number of carbonyl (C=O) groups excluding carboxylic acids is 1. The molecular formula is C29H25NO. The zero-order valence-corrected chi connectivity index (χ0v) is 17.9. The third-order valence-electron chi connectivity index (χ3n) is 5.40. The molecule has 0 atom stereocenters. The first-order valence-corrected chi connectivity index (χ1v) is 10.4. The quantitative estimate of drug-likeness (QED) is 0.242. The number of ketones is 1. The van der Waals surface area contributed by atoms with Gasteiger partial charge in [0.05, 0.1) is 0 Å². The van der Waals surface area contributed by atoms with Gasteiger partial charge in [-0.2, -0.15) is 0 Å². The highest BCUT2D eigenvalue weighted by atomic mass is 16.1. The van der Waals surface area contributed by atoms with Gasteiger partial charge in [0.25, 0.3) is 0 Å². The van der Waals surface area contributed by atoms with Crippen LogP contribution in [0.5, 0.6) is 0 Å². The fourth-order valence-corrected chi connectivity index (χ4v) is 3.58. The topological polar surface area (TPSA) is 20.3 Å². The average Bonchev–Trinajstić information content (AvgIpc) is 2.82. The summed E-state index contributed by atoms with van der Waals surface area (Å²) in [5, 5.41) is 0. The Morgan fingerprint density at radius 1 is 0.613 bits per heavy atom. The van der Waals surface area contributed by atoms with Gasteiger partial charge in [0.2, 0.25) is 0 Å². The van der Waals surface area contributed by atoms with Crippen molar-refractivity contribution in [3.8, 4) is 11.1 Å². The summed E-state index contributed by atoms with van der Waals surface area (Å²) in [5.74, 6) is -0.0614. The number of benzene rings is 4. The number of hydrogen-bond donors (Lipinski definition) is 0. The second-order valence-corrected chi connectivity index (χ2v) is 7.70. The van der Waals surface area contributed by atoms with Crippen LogP contribution in [0.4, 0.5) is 17.1 Å². The van der Waals surface area contributed by atoms with Gasteiger partial charge in [0.15, 0.2) is 5.78 Å². The van der Waals surface area contributed by atoms with Crippen LogP contribution in [-0.2, 0) is 0 Å². The summed E-state index contributed by atoms with van der Waals surface area (Å²) in [5.41, 5.74) is 8.64. The van der Waals surface area contributed by atoms with Gasteiger partial charge >= 0.3 is 0 Å². The molecule has 2 nitrogen and oxygen atoms in total.